The van der Waals surface area contributed by atoms with E-state index in [-0.39, 0.29) is 11.6 Å². The molecule has 4 rings (SSSR count). The minimum Gasteiger partial charge on any atom is -0.497 e. The van der Waals surface area contributed by atoms with E-state index >= 15 is 0 Å². The Morgan fingerprint density at radius 2 is 1.77 bits per heavy atom. The molecule has 1 saturated heterocycles. The minimum absolute atomic E-state index is 0.0444. The molecule has 1 aliphatic carbocycles. The predicted molar refractivity (Wildman–Crippen MR) is 99.3 cm³/mol. The van der Waals surface area contributed by atoms with Gasteiger partial charge in [-0.05, 0) is 30.3 Å². The largest absolute Gasteiger partial charge is 0.497 e. The van der Waals surface area contributed by atoms with Crippen molar-refractivity contribution in [1.82, 2.24) is 4.90 Å². The van der Waals surface area contributed by atoms with Crippen LogP contribution < -0.4 is 9.64 Å². The van der Waals surface area contributed by atoms with Gasteiger partial charge in [0.1, 0.15) is 11.6 Å². The highest BCUT2D eigenvalue weighted by molar-refractivity contribution is 6.13. The van der Waals surface area contributed by atoms with Gasteiger partial charge in [0.05, 0.1) is 7.11 Å². The quantitative estimate of drug-likeness (QED) is 0.794. The SMILES string of the molecule is COc1ccc(N2CCN(/C=C3\Cc4c(F)cccc4C3=O)CC2)cc1. The molecule has 1 aliphatic heterocycles. The summed E-state index contributed by atoms with van der Waals surface area (Å²) >= 11 is 0. The molecule has 0 aromatic heterocycles. The van der Waals surface area contributed by atoms with Crippen LogP contribution in [0.4, 0.5) is 10.1 Å². The highest BCUT2D eigenvalue weighted by Crippen LogP contribution is 2.29. The van der Waals surface area contributed by atoms with Crippen LogP contribution >= 0.6 is 0 Å². The number of ether oxygens (including phenoxy) is 1. The van der Waals surface area contributed by atoms with E-state index in [2.05, 4.69) is 21.9 Å². The number of nitrogens with zero attached hydrogens (tertiary/aromatic N) is 2. The van der Waals surface area contributed by atoms with Crippen LogP contribution in [-0.4, -0.2) is 44.0 Å². The molecule has 5 heteroatoms. The van der Waals surface area contributed by atoms with Crippen LogP contribution in [0.25, 0.3) is 0 Å². The number of ketones is 1. The average Bonchev–Trinajstić information content (AvgIpc) is 3.00. The highest BCUT2D eigenvalue weighted by Gasteiger charge is 2.28. The Bertz CT molecular complexity index is 853. The molecule has 0 atom stereocenters. The first kappa shape index (κ1) is 16.6. The summed E-state index contributed by atoms with van der Waals surface area (Å²) in [7, 11) is 1.66. The van der Waals surface area contributed by atoms with Crippen LogP contribution in [-0.2, 0) is 6.42 Å². The second-order valence-electron chi connectivity index (χ2n) is 6.65. The summed E-state index contributed by atoms with van der Waals surface area (Å²) in [5.74, 6) is 0.518. The first-order valence-electron chi connectivity index (χ1n) is 8.81. The Morgan fingerprint density at radius 1 is 1.04 bits per heavy atom. The molecule has 134 valence electrons. The van der Waals surface area contributed by atoms with Gasteiger partial charge in [-0.15, -0.1) is 0 Å². The van der Waals surface area contributed by atoms with Crippen LogP contribution in [0.15, 0.2) is 54.2 Å². The average molecular weight is 352 g/mol. The number of benzene rings is 2. The van der Waals surface area contributed by atoms with Gasteiger partial charge < -0.3 is 14.5 Å². The normalized spacial score (nSPS) is 18.4. The van der Waals surface area contributed by atoms with Crippen LogP contribution in [0.2, 0.25) is 0 Å². The van der Waals surface area contributed by atoms with Gasteiger partial charge in [0.2, 0.25) is 0 Å². The van der Waals surface area contributed by atoms with Crippen molar-refractivity contribution in [2.24, 2.45) is 0 Å². The van der Waals surface area contributed by atoms with Gasteiger partial charge in [-0.3, -0.25) is 4.79 Å². The van der Waals surface area contributed by atoms with Crippen molar-refractivity contribution < 1.29 is 13.9 Å². The molecule has 0 spiro atoms. The molecular weight excluding hydrogens is 331 g/mol. The van der Waals surface area contributed by atoms with Crippen LogP contribution in [0.3, 0.4) is 0 Å². The smallest absolute Gasteiger partial charge is 0.191 e. The monoisotopic (exact) mass is 352 g/mol. The number of anilines is 1. The summed E-state index contributed by atoms with van der Waals surface area (Å²) in [6.45, 7) is 3.43. The number of piperazine rings is 1. The van der Waals surface area contributed by atoms with Gasteiger partial charge in [-0.25, -0.2) is 4.39 Å². The van der Waals surface area contributed by atoms with Gasteiger partial charge in [-0.2, -0.15) is 0 Å². The van der Waals surface area contributed by atoms with E-state index < -0.39 is 0 Å². The zero-order valence-electron chi connectivity index (χ0n) is 14.7. The molecule has 1 fully saturated rings. The lowest BCUT2D eigenvalue weighted by Crippen LogP contribution is -2.44. The fourth-order valence-corrected chi connectivity index (χ4v) is 3.62. The summed E-state index contributed by atoms with van der Waals surface area (Å²) in [6, 6.07) is 12.8. The Labute approximate surface area is 152 Å². The maximum Gasteiger partial charge on any atom is 0.191 e. The van der Waals surface area contributed by atoms with Crippen molar-refractivity contribution in [3.8, 4) is 5.75 Å². The van der Waals surface area contributed by atoms with E-state index in [9.17, 15) is 9.18 Å². The molecule has 0 amide bonds. The second-order valence-corrected chi connectivity index (χ2v) is 6.65. The molecule has 26 heavy (non-hydrogen) atoms. The number of hydrogen-bond donors (Lipinski definition) is 0. The number of hydrogen-bond acceptors (Lipinski definition) is 4. The topological polar surface area (TPSA) is 32.8 Å². The molecule has 0 N–H and O–H groups in total. The van der Waals surface area contributed by atoms with E-state index in [1.165, 1.54) is 11.8 Å². The Balaban J connectivity index is 1.42. The first-order valence-corrected chi connectivity index (χ1v) is 8.81. The molecule has 4 nitrogen and oxygen atoms in total. The maximum absolute atomic E-state index is 13.9. The Morgan fingerprint density at radius 3 is 2.42 bits per heavy atom. The number of rotatable bonds is 3. The van der Waals surface area contributed by atoms with Gasteiger partial charge in [0, 0.05) is 61.2 Å². The molecule has 1 heterocycles. The third kappa shape index (κ3) is 3.05. The summed E-state index contributed by atoms with van der Waals surface area (Å²) < 4.78 is 19.1. The van der Waals surface area contributed by atoms with E-state index in [0.717, 1.165) is 31.9 Å². The van der Waals surface area contributed by atoms with E-state index in [1.807, 2.05) is 18.3 Å². The third-order valence-corrected chi connectivity index (χ3v) is 5.11. The number of Topliss-reactive ketones (excluding diaryl/α,β-unsaturated/α-hetero) is 1. The van der Waals surface area contributed by atoms with Crippen molar-refractivity contribution in [3.63, 3.8) is 0 Å². The number of methoxy groups -OCH3 is 1. The van der Waals surface area contributed by atoms with E-state index in [0.29, 0.717) is 23.1 Å². The second kappa shape index (κ2) is 6.83. The highest BCUT2D eigenvalue weighted by atomic mass is 19.1. The fourth-order valence-electron chi connectivity index (χ4n) is 3.62. The first-order chi connectivity index (χ1) is 12.7. The summed E-state index contributed by atoms with van der Waals surface area (Å²) in [4.78, 5) is 17.0. The molecule has 0 radical (unpaired) electrons. The number of carbonyl (C=O) groups excluding carboxylic acids is 1. The molecule has 2 aromatic rings. The standard InChI is InChI=1S/C21H21FN2O2/c1-26-17-7-5-16(6-8-17)24-11-9-23(10-12-24)14-15-13-19-18(21(15)25)3-2-4-20(19)22/h2-8,14H,9-13H2,1H3/b15-14+. The fraction of sp³-hybridized carbons (Fsp3) is 0.286. The maximum atomic E-state index is 13.9. The number of carbonyl (C=O) groups is 1. The zero-order valence-corrected chi connectivity index (χ0v) is 14.7. The molecule has 0 saturated carbocycles. The van der Waals surface area contributed by atoms with Crippen molar-refractivity contribution >= 4 is 11.5 Å². The van der Waals surface area contributed by atoms with Gasteiger partial charge in [0.25, 0.3) is 0 Å². The van der Waals surface area contributed by atoms with Crippen molar-refractivity contribution in [2.45, 2.75) is 6.42 Å². The lowest BCUT2D eigenvalue weighted by atomic mass is 10.1. The van der Waals surface area contributed by atoms with E-state index in [4.69, 9.17) is 4.74 Å². The molecule has 0 bridgehead atoms. The molecule has 0 unspecified atom stereocenters. The van der Waals surface area contributed by atoms with Crippen molar-refractivity contribution in [2.75, 3.05) is 38.2 Å². The summed E-state index contributed by atoms with van der Waals surface area (Å²) in [5, 5.41) is 0. The van der Waals surface area contributed by atoms with Crippen molar-refractivity contribution in [1.29, 1.82) is 0 Å². The Kier molecular flexibility index (Phi) is 4.37. The lowest BCUT2D eigenvalue weighted by molar-refractivity contribution is 0.103. The third-order valence-electron chi connectivity index (χ3n) is 5.11. The van der Waals surface area contributed by atoms with Gasteiger partial charge in [-0.1, -0.05) is 12.1 Å². The van der Waals surface area contributed by atoms with E-state index in [1.54, 1.807) is 19.2 Å². The summed E-state index contributed by atoms with van der Waals surface area (Å²) in [5.41, 5.74) is 2.89. The Hall–Kier alpha value is -2.82. The van der Waals surface area contributed by atoms with Crippen LogP contribution in [0, 0.1) is 5.82 Å². The summed E-state index contributed by atoms with van der Waals surface area (Å²) in [6.07, 6.45) is 2.31. The molecular formula is C21H21FN2O2. The van der Waals surface area contributed by atoms with Crippen LogP contribution in [0.5, 0.6) is 5.75 Å². The van der Waals surface area contributed by atoms with Gasteiger partial charge >= 0.3 is 0 Å². The van der Waals surface area contributed by atoms with Crippen LogP contribution in [0.1, 0.15) is 15.9 Å². The number of fused-ring (bicyclic) bond motifs is 1. The lowest BCUT2D eigenvalue weighted by Gasteiger charge is -2.35. The predicted octanol–water partition coefficient (Wildman–Crippen LogP) is 3.28. The number of halogens is 1. The minimum atomic E-state index is -0.288. The molecule has 2 aliphatic rings. The van der Waals surface area contributed by atoms with Gasteiger partial charge in [0.15, 0.2) is 5.78 Å². The zero-order chi connectivity index (χ0) is 18.1. The van der Waals surface area contributed by atoms with Crippen molar-refractivity contribution in [3.05, 3.63) is 71.2 Å². The number of allylic oxidation sites excluding steroid dienone is 1. The molecule has 2 aromatic carbocycles.